The van der Waals surface area contributed by atoms with Crippen LogP contribution in [0.25, 0.3) is 0 Å². The Morgan fingerprint density at radius 1 is 0.838 bits per heavy atom. The quantitative estimate of drug-likeness (QED) is 0.196. The Kier molecular flexibility index (Phi) is 10.5. The van der Waals surface area contributed by atoms with E-state index >= 15 is 0 Å². The number of carbonyl (C=O) groups is 5. The predicted molar refractivity (Wildman–Crippen MR) is 124 cm³/mol. The van der Waals surface area contributed by atoms with Crippen molar-refractivity contribution in [3.05, 3.63) is 23.8 Å². The molecule has 37 heavy (non-hydrogen) atoms. The van der Waals surface area contributed by atoms with Crippen LogP contribution in [0.3, 0.4) is 0 Å². The first-order valence-electron chi connectivity index (χ1n) is 11.1. The van der Waals surface area contributed by atoms with Gasteiger partial charge in [0, 0.05) is 40.8 Å². The second-order valence-electron chi connectivity index (χ2n) is 7.88. The minimum Gasteiger partial charge on any atom is -0.493 e. The third-order valence-corrected chi connectivity index (χ3v) is 4.79. The number of esters is 5. The second-order valence-corrected chi connectivity index (χ2v) is 7.88. The fourth-order valence-electron chi connectivity index (χ4n) is 3.48. The Bertz CT molecular complexity index is 1050. The van der Waals surface area contributed by atoms with E-state index in [9.17, 15) is 24.0 Å². The van der Waals surface area contributed by atoms with Crippen LogP contribution >= 0.6 is 0 Å². The van der Waals surface area contributed by atoms with E-state index in [1.165, 1.54) is 39.3 Å². The van der Waals surface area contributed by atoms with E-state index in [4.69, 9.17) is 33.2 Å². The van der Waals surface area contributed by atoms with E-state index in [0.717, 1.165) is 20.8 Å². The van der Waals surface area contributed by atoms with Crippen molar-refractivity contribution in [3.8, 4) is 11.5 Å². The third-order valence-electron chi connectivity index (χ3n) is 4.79. The number of hydrogen-bond donors (Lipinski definition) is 0. The van der Waals surface area contributed by atoms with Gasteiger partial charge in [-0.25, -0.2) is 0 Å². The van der Waals surface area contributed by atoms with Gasteiger partial charge in [-0.2, -0.15) is 0 Å². The third kappa shape index (κ3) is 8.86. The molecule has 5 atom stereocenters. The van der Waals surface area contributed by atoms with Crippen LogP contribution in [0, 0.1) is 0 Å². The first-order chi connectivity index (χ1) is 17.4. The number of aliphatic imine (C=N–C) groups is 1. The van der Waals surface area contributed by atoms with Crippen molar-refractivity contribution in [2.24, 2.45) is 4.99 Å². The molecule has 1 fully saturated rings. The van der Waals surface area contributed by atoms with Crippen molar-refractivity contribution < 1.29 is 57.1 Å². The molecule has 1 aliphatic rings. The molecule has 1 saturated heterocycles. The van der Waals surface area contributed by atoms with E-state index < -0.39 is 60.5 Å². The summed E-state index contributed by atoms with van der Waals surface area (Å²) in [7, 11) is 1.39. The number of nitrogens with zero attached hydrogens (tertiary/aromatic N) is 1. The molecule has 0 spiro atoms. The zero-order chi connectivity index (χ0) is 27.7. The van der Waals surface area contributed by atoms with Crippen LogP contribution in [-0.4, -0.2) is 80.4 Å². The predicted octanol–water partition coefficient (Wildman–Crippen LogP) is 1.12. The van der Waals surface area contributed by atoms with E-state index in [2.05, 4.69) is 4.99 Å². The average molecular weight is 523 g/mol. The molecule has 0 amide bonds. The molecule has 1 aromatic rings. The Balaban J connectivity index is 2.50. The van der Waals surface area contributed by atoms with Crippen molar-refractivity contribution in [1.82, 2.24) is 0 Å². The summed E-state index contributed by atoms with van der Waals surface area (Å²) in [5.41, 5.74) is 0.474. The lowest BCUT2D eigenvalue weighted by molar-refractivity contribution is -0.266. The average Bonchev–Trinajstić information content (AvgIpc) is 2.78. The summed E-state index contributed by atoms with van der Waals surface area (Å²) in [6.07, 6.45) is -3.71. The molecule has 0 aromatic heterocycles. The van der Waals surface area contributed by atoms with Crippen LogP contribution < -0.4 is 9.47 Å². The molecule has 1 aliphatic heterocycles. The Labute approximate surface area is 212 Å². The van der Waals surface area contributed by atoms with Crippen LogP contribution in [0.15, 0.2) is 23.2 Å². The molecule has 0 radical (unpaired) electrons. The molecule has 0 bridgehead atoms. The molecule has 0 saturated carbocycles. The van der Waals surface area contributed by atoms with Crippen LogP contribution in [0.4, 0.5) is 0 Å². The van der Waals surface area contributed by atoms with Gasteiger partial charge in [0.15, 0.2) is 29.7 Å². The summed E-state index contributed by atoms with van der Waals surface area (Å²) in [6.45, 7) is 5.46. The standard InChI is InChI=1S/C24H29NO12/c1-12(26)32-11-20-22(34-14(3)28)23(35-15(4)29)21(24(37-20)36-16(5)30)25-10-17-7-8-18(33-13(2)27)19(9-17)31-6/h7-10,20-24H,11H2,1-6H3/t20-,21+,22+,23-,24-/m1/s1. The summed E-state index contributed by atoms with van der Waals surface area (Å²) < 4.78 is 37.2. The zero-order valence-corrected chi connectivity index (χ0v) is 21.2. The first kappa shape index (κ1) is 29.2. The highest BCUT2D eigenvalue weighted by Gasteiger charge is 2.51. The van der Waals surface area contributed by atoms with Crippen molar-refractivity contribution >= 4 is 36.1 Å². The number of carbonyl (C=O) groups excluding carboxylic acids is 5. The molecule has 13 nitrogen and oxygen atoms in total. The van der Waals surface area contributed by atoms with Crippen molar-refractivity contribution in [2.75, 3.05) is 13.7 Å². The lowest BCUT2D eigenvalue weighted by Crippen LogP contribution is -2.61. The SMILES string of the molecule is COc1cc(C=N[C@@H]2[C@H](OC(C)=O)O[C@H](COC(C)=O)[C@H](OC(C)=O)[C@@H]2OC(C)=O)ccc1OC(C)=O. The maximum Gasteiger partial charge on any atom is 0.308 e. The summed E-state index contributed by atoms with van der Waals surface area (Å²) in [5, 5.41) is 0. The van der Waals surface area contributed by atoms with Crippen LogP contribution in [0.2, 0.25) is 0 Å². The number of rotatable bonds is 9. The molecule has 0 N–H and O–H groups in total. The minimum absolute atomic E-state index is 0.187. The van der Waals surface area contributed by atoms with E-state index in [0.29, 0.717) is 5.56 Å². The van der Waals surface area contributed by atoms with Gasteiger partial charge in [-0.15, -0.1) is 0 Å². The molecule has 1 heterocycles. The van der Waals surface area contributed by atoms with Crippen LogP contribution in [-0.2, 0) is 47.7 Å². The molecule has 0 aliphatic carbocycles. The van der Waals surface area contributed by atoms with Gasteiger partial charge in [-0.05, 0) is 23.8 Å². The molecule has 1 aromatic carbocycles. The van der Waals surface area contributed by atoms with Crippen molar-refractivity contribution in [2.45, 2.75) is 65.3 Å². The number of hydrogen-bond acceptors (Lipinski definition) is 13. The first-order valence-corrected chi connectivity index (χ1v) is 11.1. The molecular formula is C24H29NO12. The molecule has 202 valence electrons. The van der Waals surface area contributed by atoms with E-state index in [-0.39, 0.29) is 18.1 Å². The van der Waals surface area contributed by atoms with Gasteiger partial charge in [0.25, 0.3) is 0 Å². The lowest BCUT2D eigenvalue weighted by atomic mass is 9.96. The molecular weight excluding hydrogens is 494 g/mol. The van der Waals surface area contributed by atoms with Crippen LogP contribution in [0.5, 0.6) is 11.5 Å². The fraction of sp³-hybridized carbons (Fsp3) is 0.500. The van der Waals surface area contributed by atoms with Gasteiger partial charge < -0.3 is 33.2 Å². The summed E-state index contributed by atoms with van der Waals surface area (Å²) >= 11 is 0. The zero-order valence-electron chi connectivity index (χ0n) is 21.2. The number of benzene rings is 1. The Hall–Kier alpha value is -4.00. The van der Waals surface area contributed by atoms with Gasteiger partial charge >= 0.3 is 29.8 Å². The highest BCUT2D eigenvalue weighted by Crippen LogP contribution is 2.31. The summed E-state index contributed by atoms with van der Waals surface area (Å²) in [5.74, 6) is -2.92. The maximum absolute atomic E-state index is 12.0. The minimum atomic E-state index is -1.40. The molecule has 13 heteroatoms. The highest BCUT2D eigenvalue weighted by molar-refractivity contribution is 5.82. The van der Waals surface area contributed by atoms with Gasteiger partial charge in [0.2, 0.25) is 6.29 Å². The van der Waals surface area contributed by atoms with Gasteiger partial charge in [-0.1, -0.05) is 0 Å². The van der Waals surface area contributed by atoms with Crippen molar-refractivity contribution in [1.29, 1.82) is 0 Å². The van der Waals surface area contributed by atoms with Crippen molar-refractivity contribution in [3.63, 3.8) is 0 Å². The highest BCUT2D eigenvalue weighted by atomic mass is 16.7. The van der Waals surface area contributed by atoms with Gasteiger partial charge in [0.05, 0.1) is 7.11 Å². The smallest absolute Gasteiger partial charge is 0.308 e. The monoisotopic (exact) mass is 523 g/mol. The largest absolute Gasteiger partial charge is 0.493 e. The number of methoxy groups -OCH3 is 1. The van der Waals surface area contributed by atoms with Crippen LogP contribution in [0.1, 0.15) is 40.2 Å². The second kappa shape index (κ2) is 13.3. The van der Waals surface area contributed by atoms with Gasteiger partial charge in [0.1, 0.15) is 12.7 Å². The Morgan fingerprint density at radius 3 is 2.00 bits per heavy atom. The summed E-state index contributed by atoms with van der Waals surface area (Å²) in [4.78, 5) is 62.7. The van der Waals surface area contributed by atoms with E-state index in [1.54, 1.807) is 6.07 Å². The fourth-order valence-corrected chi connectivity index (χ4v) is 3.48. The van der Waals surface area contributed by atoms with E-state index in [1.807, 2.05) is 0 Å². The summed E-state index contributed by atoms with van der Waals surface area (Å²) in [6, 6.07) is 3.40. The van der Waals surface area contributed by atoms with Gasteiger partial charge in [-0.3, -0.25) is 29.0 Å². The normalized spacial score (nSPS) is 23.0. The lowest BCUT2D eigenvalue weighted by Gasteiger charge is -2.42. The Morgan fingerprint density at radius 2 is 1.46 bits per heavy atom. The molecule has 0 unspecified atom stereocenters. The maximum atomic E-state index is 12.0. The number of ether oxygens (including phenoxy) is 7. The topological polar surface area (TPSA) is 162 Å². The molecule has 2 rings (SSSR count).